The first kappa shape index (κ1) is 25.6. The molecule has 7 nitrogen and oxygen atoms in total. The Bertz CT molecular complexity index is 1250. The van der Waals surface area contributed by atoms with Gasteiger partial charge in [0.05, 0.1) is 11.4 Å². The number of nitrogens with zero attached hydrogens (tertiary/aromatic N) is 6. The van der Waals surface area contributed by atoms with Crippen molar-refractivity contribution in [2.75, 3.05) is 72.8 Å². The third-order valence-corrected chi connectivity index (χ3v) is 7.90. The molecule has 2 aliphatic rings. The molecular formula is C27H30ClFN6OS. The topological polar surface area (TPSA) is 55.8 Å². The number of halogens is 2. The number of anilines is 3. The summed E-state index contributed by atoms with van der Waals surface area (Å²) in [7, 11) is 0. The number of carbonyl (C=O) groups excluding carboxylic acids is 1. The lowest BCUT2D eigenvalue weighted by molar-refractivity contribution is -0.128. The molecule has 0 atom stereocenters. The van der Waals surface area contributed by atoms with Gasteiger partial charge in [-0.1, -0.05) is 53.7 Å². The largest absolute Gasteiger partial charge is 0.368 e. The van der Waals surface area contributed by atoms with E-state index in [9.17, 15) is 9.18 Å². The normalized spacial score (nSPS) is 16.3. The van der Waals surface area contributed by atoms with Crippen molar-refractivity contribution in [3.8, 4) is 0 Å². The number of para-hydroxylation sites is 2. The van der Waals surface area contributed by atoms with Gasteiger partial charge in [-0.15, -0.1) is 0 Å². The Balaban J connectivity index is 1.14. The average molecular weight is 541 g/mol. The lowest BCUT2D eigenvalue weighted by atomic mass is 10.1. The second kappa shape index (κ2) is 11.6. The highest BCUT2D eigenvalue weighted by molar-refractivity contribution is 7.99. The van der Waals surface area contributed by atoms with Crippen molar-refractivity contribution in [3.63, 3.8) is 0 Å². The maximum atomic E-state index is 14.1. The van der Waals surface area contributed by atoms with Crippen LogP contribution in [-0.4, -0.2) is 78.9 Å². The molecule has 0 unspecified atom stereocenters. The van der Waals surface area contributed by atoms with Crippen molar-refractivity contribution >= 4 is 46.5 Å². The highest BCUT2D eigenvalue weighted by Gasteiger charge is 2.24. The van der Waals surface area contributed by atoms with Crippen LogP contribution in [0.25, 0.3) is 0 Å². The number of aromatic nitrogens is 2. The number of carbonyl (C=O) groups is 1. The van der Waals surface area contributed by atoms with E-state index >= 15 is 0 Å². The van der Waals surface area contributed by atoms with E-state index in [1.165, 1.54) is 29.1 Å². The molecule has 0 bridgehead atoms. The van der Waals surface area contributed by atoms with E-state index in [1.807, 2.05) is 15.9 Å². The Labute approximate surface area is 226 Å². The van der Waals surface area contributed by atoms with Crippen LogP contribution in [0, 0.1) is 12.7 Å². The molecule has 1 aromatic heterocycles. The van der Waals surface area contributed by atoms with Crippen LogP contribution < -0.4 is 14.7 Å². The summed E-state index contributed by atoms with van der Waals surface area (Å²) in [6, 6.07) is 17.0. The molecule has 0 saturated carbocycles. The predicted octanol–water partition coefficient (Wildman–Crippen LogP) is 4.35. The van der Waals surface area contributed by atoms with E-state index < -0.39 is 0 Å². The fraction of sp³-hybridized carbons (Fsp3) is 0.370. The van der Waals surface area contributed by atoms with E-state index in [1.54, 1.807) is 18.2 Å². The zero-order valence-corrected chi connectivity index (χ0v) is 22.4. The number of rotatable bonds is 6. The summed E-state index contributed by atoms with van der Waals surface area (Å²) in [6.07, 6.45) is 0. The van der Waals surface area contributed by atoms with Crippen molar-refractivity contribution in [3.05, 3.63) is 71.1 Å². The first-order valence-corrected chi connectivity index (χ1v) is 13.8. The molecule has 2 aliphatic heterocycles. The molecule has 0 spiro atoms. The minimum absolute atomic E-state index is 0.0233. The van der Waals surface area contributed by atoms with Crippen molar-refractivity contribution in [1.82, 2.24) is 14.9 Å². The Morgan fingerprint density at radius 2 is 1.46 bits per heavy atom. The summed E-state index contributed by atoms with van der Waals surface area (Å²) in [5, 5.41) is 0.877. The number of thioether (sulfide) groups is 1. The molecule has 2 saturated heterocycles. The lowest BCUT2D eigenvalue weighted by Gasteiger charge is -2.37. The van der Waals surface area contributed by atoms with Crippen molar-refractivity contribution in [2.45, 2.75) is 12.1 Å². The molecular weight excluding hydrogens is 511 g/mol. The van der Waals surface area contributed by atoms with Crippen molar-refractivity contribution < 1.29 is 9.18 Å². The summed E-state index contributed by atoms with van der Waals surface area (Å²) in [6.45, 7) is 7.90. The molecule has 10 heteroatoms. The summed E-state index contributed by atoms with van der Waals surface area (Å²) in [4.78, 5) is 30.3. The van der Waals surface area contributed by atoms with Gasteiger partial charge in [0, 0.05) is 64.1 Å². The van der Waals surface area contributed by atoms with Crippen LogP contribution >= 0.6 is 23.4 Å². The van der Waals surface area contributed by atoms with Gasteiger partial charge in [-0.25, -0.2) is 14.4 Å². The standard InChI is InChI=1S/C27H30ClFN6OS/c1-20-6-2-4-8-22(20)32-10-14-34(15-11-32)25-18-24(28)30-27(31-25)37-19-26(36)35-16-12-33(13-17-35)23-9-5-3-7-21(23)29/h2-9,18H,10-17,19H2,1H3. The van der Waals surface area contributed by atoms with Gasteiger partial charge in [0.15, 0.2) is 5.16 Å². The number of aryl methyl sites for hydroxylation is 1. The number of amides is 1. The van der Waals surface area contributed by atoms with Crippen LogP contribution in [0.5, 0.6) is 0 Å². The number of hydrogen-bond donors (Lipinski definition) is 0. The van der Waals surface area contributed by atoms with Gasteiger partial charge in [0.1, 0.15) is 16.8 Å². The van der Waals surface area contributed by atoms with Crippen LogP contribution in [0.3, 0.4) is 0 Å². The highest BCUT2D eigenvalue weighted by Crippen LogP contribution is 2.26. The molecule has 0 N–H and O–H groups in total. The van der Waals surface area contributed by atoms with Crippen LogP contribution in [0.4, 0.5) is 21.6 Å². The molecule has 2 fully saturated rings. The first-order valence-electron chi connectivity index (χ1n) is 12.5. The molecule has 0 radical (unpaired) electrons. The third kappa shape index (κ3) is 6.10. The second-order valence-electron chi connectivity index (χ2n) is 9.20. The smallest absolute Gasteiger partial charge is 0.233 e. The Morgan fingerprint density at radius 3 is 2.16 bits per heavy atom. The third-order valence-electron chi connectivity index (χ3n) is 6.87. The Hall–Kier alpha value is -3.04. The van der Waals surface area contributed by atoms with E-state index in [-0.39, 0.29) is 17.5 Å². The van der Waals surface area contributed by atoms with Gasteiger partial charge >= 0.3 is 0 Å². The second-order valence-corrected chi connectivity index (χ2v) is 10.5. The van der Waals surface area contributed by atoms with E-state index in [0.717, 1.165) is 32.0 Å². The minimum atomic E-state index is -0.233. The average Bonchev–Trinajstić information content (AvgIpc) is 2.92. The minimum Gasteiger partial charge on any atom is -0.368 e. The molecule has 0 aliphatic carbocycles. The zero-order valence-electron chi connectivity index (χ0n) is 20.8. The van der Waals surface area contributed by atoms with Crippen LogP contribution in [0.2, 0.25) is 5.15 Å². The lowest BCUT2D eigenvalue weighted by Crippen LogP contribution is -2.49. The van der Waals surface area contributed by atoms with Gasteiger partial charge in [0.2, 0.25) is 5.91 Å². The quantitative estimate of drug-likeness (QED) is 0.262. The molecule has 1 amide bonds. The molecule has 3 heterocycles. The van der Waals surface area contributed by atoms with Gasteiger partial charge < -0.3 is 19.6 Å². The summed E-state index contributed by atoms with van der Waals surface area (Å²) >= 11 is 7.64. The van der Waals surface area contributed by atoms with Gasteiger partial charge in [-0.3, -0.25) is 4.79 Å². The van der Waals surface area contributed by atoms with Crippen molar-refractivity contribution in [1.29, 1.82) is 0 Å². The number of piperazine rings is 2. The van der Waals surface area contributed by atoms with E-state index in [2.05, 4.69) is 46.0 Å². The van der Waals surface area contributed by atoms with Crippen LogP contribution in [0.1, 0.15) is 5.56 Å². The molecule has 3 aromatic rings. The van der Waals surface area contributed by atoms with E-state index in [4.69, 9.17) is 16.6 Å². The Morgan fingerprint density at radius 1 is 0.865 bits per heavy atom. The van der Waals surface area contributed by atoms with Gasteiger partial charge in [-0.05, 0) is 30.7 Å². The van der Waals surface area contributed by atoms with Crippen molar-refractivity contribution in [2.24, 2.45) is 0 Å². The predicted molar refractivity (Wildman–Crippen MR) is 149 cm³/mol. The molecule has 2 aromatic carbocycles. The van der Waals surface area contributed by atoms with Gasteiger partial charge in [0.25, 0.3) is 0 Å². The number of benzene rings is 2. The maximum absolute atomic E-state index is 14.1. The monoisotopic (exact) mass is 540 g/mol. The first-order chi connectivity index (χ1) is 18.0. The summed E-state index contributed by atoms with van der Waals surface area (Å²) in [5.74, 6) is 0.817. The molecule has 37 heavy (non-hydrogen) atoms. The van der Waals surface area contributed by atoms with Crippen LogP contribution in [-0.2, 0) is 4.79 Å². The molecule has 5 rings (SSSR count). The zero-order chi connectivity index (χ0) is 25.8. The fourth-order valence-corrected chi connectivity index (χ4v) is 5.81. The summed E-state index contributed by atoms with van der Waals surface area (Å²) in [5.41, 5.74) is 3.13. The highest BCUT2D eigenvalue weighted by atomic mass is 35.5. The summed E-state index contributed by atoms with van der Waals surface area (Å²) < 4.78 is 14.1. The van der Waals surface area contributed by atoms with Gasteiger partial charge in [-0.2, -0.15) is 0 Å². The SMILES string of the molecule is Cc1ccccc1N1CCN(c2cc(Cl)nc(SCC(=O)N3CCN(c4ccccc4F)CC3)n2)CC1. The van der Waals surface area contributed by atoms with E-state index in [0.29, 0.717) is 42.2 Å². The molecule has 194 valence electrons. The van der Waals surface area contributed by atoms with Crippen LogP contribution in [0.15, 0.2) is 59.8 Å². The maximum Gasteiger partial charge on any atom is 0.233 e. The number of hydrogen-bond acceptors (Lipinski definition) is 7. The Kier molecular flexibility index (Phi) is 8.00. The fourth-order valence-electron chi connectivity index (χ4n) is 4.83.